The second kappa shape index (κ2) is 3.89. The van der Waals surface area contributed by atoms with Crippen molar-refractivity contribution in [1.82, 2.24) is 0 Å². The van der Waals surface area contributed by atoms with Crippen LogP contribution < -0.4 is 5.73 Å². The number of carboxylic acids is 3. The Morgan fingerprint density at radius 2 is 1.31 bits per heavy atom. The first-order valence-corrected chi connectivity index (χ1v) is 3.98. The lowest BCUT2D eigenvalue weighted by molar-refractivity contribution is 0.0650. The van der Waals surface area contributed by atoms with Crippen molar-refractivity contribution in [2.75, 3.05) is 5.73 Å². The minimum absolute atomic E-state index is 0.442. The Kier molecular flexibility index (Phi) is 2.80. The van der Waals surface area contributed by atoms with Crippen LogP contribution in [0.25, 0.3) is 0 Å². The third kappa shape index (κ3) is 1.78. The van der Waals surface area contributed by atoms with Crippen LogP contribution in [0.3, 0.4) is 0 Å². The first kappa shape index (κ1) is 11.5. The molecule has 0 aromatic heterocycles. The van der Waals surface area contributed by atoms with Gasteiger partial charge in [-0.15, -0.1) is 0 Å². The highest BCUT2D eigenvalue weighted by atomic mass is 16.4. The molecule has 16 heavy (non-hydrogen) atoms. The van der Waals surface area contributed by atoms with Crippen molar-refractivity contribution >= 4 is 23.6 Å². The molecule has 0 spiro atoms. The van der Waals surface area contributed by atoms with E-state index in [0.29, 0.717) is 0 Å². The summed E-state index contributed by atoms with van der Waals surface area (Å²) in [5.74, 6) is -4.49. The molecule has 0 saturated heterocycles. The van der Waals surface area contributed by atoms with Gasteiger partial charge in [-0.25, -0.2) is 14.4 Å². The molecule has 0 unspecified atom stereocenters. The summed E-state index contributed by atoms with van der Waals surface area (Å²) in [7, 11) is 0. The highest BCUT2D eigenvalue weighted by molar-refractivity contribution is 6.09. The number of aromatic carboxylic acids is 3. The minimum atomic E-state index is -1.59. The van der Waals surface area contributed by atoms with E-state index >= 15 is 0 Å². The van der Waals surface area contributed by atoms with Crippen molar-refractivity contribution in [3.05, 3.63) is 28.8 Å². The third-order valence-corrected chi connectivity index (χ3v) is 1.92. The molecule has 7 nitrogen and oxygen atoms in total. The predicted octanol–water partition coefficient (Wildman–Crippen LogP) is 0.363. The van der Waals surface area contributed by atoms with Crippen LogP contribution in [0.2, 0.25) is 0 Å². The summed E-state index contributed by atoms with van der Waals surface area (Å²) in [6.07, 6.45) is 0. The Labute approximate surface area is 88.7 Å². The molecule has 1 aromatic carbocycles. The number of carbonyl (C=O) groups is 3. The minimum Gasteiger partial charge on any atom is -0.478 e. The van der Waals surface area contributed by atoms with E-state index in [-0.39, 0.29) is 0 Å². The number of hydrogen-bond acceptors (Lipinski definition) is 4. The van der Waals surface area contributed by atoms with Gasteiger partial charge >= 0.3 is 17.9 Å². The molecule has 1 aromatic rings. The number of carboxylic acid groups (broad SMARTS) is 3. The molecule has 0 saturated carbocycles. The van der Waals surface area contributed by atoms with Crippen molar-refractivity contribution in [3.8, 4) is 0 Å². The zero-order valence-corrected chi connectivity index (χ0v) is 7.80. The Morgan fingerprint density at radius 1 is 0.875 bits per heavy atom. The molecule has 84 valence electrons. The van der Waals surface area contributed by atoms with E-state index in [1.54, 1.807) is 0 Å². The predicted molar refractivity (Wildman–Crippen MR) is 51.7 cm³/mol. The summed E-state index contributed by atoms with van der Waals surface area (Å²) in [5.41, 5.74) is 3.03. The molecule has 1 rings (SSSR count). The normalized spacial score (nSPS) is 9.75. The van der Waals surface area contributed by atoms with Crippen molar-refractivity contribution in [1.29, 1.82) is 0 Å². The second-order valence-electron chi connectivity index (χ2n) is 2.86. The van der Waals surface area contributed by atoms with E-state index in [1.807, 2.05) is 0 Å². The number of benzene rings is 1. The first-order valence-electron chi connectivity index (χ1n) is 3.98. The smallest absolute Gasteiger partial charge is 0.338 e. The second-order valence-corrected chi connectivity index (χ2v) is 2.86. The van der Waals surface area contributed by atoms with Crippen LogP contribution in [-0.2, 0) is 0 Å². The molecular weight excluding hydrogens is 218 g/mol. The van der Waals surface area contributed by atoms with Crippen LogP contribution in [0.1, 0.15) is 31.1 Å². The zero-order chi connectivity index (χ0) is 12.5. The largest absolute Gasteiger partial charge is 0.478 e. The van der Waals surface area contributed by atoms with Crippen LogP contribution >= 0.6 is 0 Å². The highest BCUT2D eigenvalue weighted by Crippen LogP contribution is 2.22. The van der Waals surface area contributed by atoms with Gasteiger partial charge in [-0.2, -0.15) is 0 Å². The van der Waals surface area contributed by atoms with Crippen molar-refractivity contribution < 1.29 is 29.7 Å². The molecule has 0 amide bonds. The van der Waals surface area contributed by atoms with Gasteiger partial charge in [0.2, 0.25) is 0 Å². The van der Waals surface area contributed by atoms with E-state index in [0.717, 1.165) is 12.1 Å². The van der Waals surface area contributed by atoms with E-state index in [1.165, 1.54) is 0 Å². The SMILES string of the molecule is Nc1c(C(=O)O)ccc(C(=O)O)c1C(=O)O. The fraction of sp³-hybridized carbons (Fsp3) is 0. The maximum atomic E-state index is 10.8. The van der Waals surface area contributed by atoms with Crippen LogP contribution in [0, 0.1) is 0 Å². The zero-order valence-electron chi connectivity index (χ0n) is 7.80. The molecule has 0 aliphatic carbocycles. The maximum Gasteiger partial charge on any atom is 0.338 e. The van der Waals surface area contributed by atoms with Gasteiger partial charge < -0.3 is 21.1 Å². The third-order valence-electron chi connectivity index (χ3n) is 1.92. The summed E-state index contributed by atoms with van der Waals surface area (Å²) in [5, 5.41) is 26.1. The van der Waals surface area contributed by atoms with Crippen LogP contribution in [0.15, 0.2) is 12.1 Å². The number of nitrogen functional groups attached to an aromatic ring is 1. The Bertz CT molecular complexity index is 493. The summed E-state index contributed by atoms with van der Waals surface area (Å²) in [6, 6.07) is 1.85. The summed E-state index contributed by atoms with van der Waals surface area (Å²) in [6.45, 7) is 0. The Morgan fingerprint density at radius 3 is 1.69 bits per heavy atom. The Balaban J connectivity index is 3.60. The molecule has 0 aliphatic rings. The molecule has 0 atom stereocenters. The molecule has 0 fully saturated rings. The molecule has 0 radical (unpaired) electrons. The summed E-state index contributed by atoms with van der Waals surface area (Å²) < 4.78 is 0. The van der Waals surface area contributed by atoms with Crippen molar-refractivity contribution in [2.45, 2.75) is 0 Å². The van der Waals surface area contributed by atoms with Crippen LogP contribution in [0.5, 0.6) is 0 Å². The summed E-state index contributed by atoms with van der Waals surface area (Å²) in [4.78, 5) is 32.1. The average Bonchev–Trinajstić information content (AvgIpc) is 2.15. The van der Waals surface area contributed by atoms with Gasteiger partial charge in [0, 0.05) is 0 Å². The van der Waals surface area contributed by atoms with Crippen molar-refractivity contribution in [3.63, 3.8) is 0 Å². The average molecular weight is 225 g/mol. The highest BCUT2D eigenvalue weighted by Gasteiger charge is 2.23. The number of anilines is 1. The Hall–Kier alpha value is -2.57. The molecular formula is C9H7NO6. The van der Waals surface area contributed by atoms with E-state index < -0.39 is 40.3 Å². The van der Waals surface area contributed by atoms with Gasteiger partial charge in [0.1, 0.15) is 0 Å². The van der Waals surface area contributed by atoms with Gasteiger partial charge in [-0.05, 0) is 12.1 Å². The number of hydrogen-bond donors (Lipinski definition) is 4. The monoisotopic (exact) mass is 225 g/mol. The quantitative estimate of drug-likeness (QED) is 0.545. The lowest BCUT2D eigenvalue weighted by atomic mass is 10.0. The lowest BCUT2D eigenvalue weighted by Crippen LogP contribution is -2.14. The fourth-order valence-corrected chi connectivity index (χ4v) is 1.21. The van der Waals surface area contributed by atoms with Crippen LogP contribution in [0.4, 0.5) is 5.69 Å². The van der Waals surface area contributed by atoms with Gasteiger partial charge in [-0.3, -0.25) is 0 Å². The lowest BCUT2D eigenvalue weighted by Gasteiger charge is -2.07. The van der Waals surface area contributed by atoms with Gasteiger partial charge in [0.15, 0.2) is 0 Å². The van der Waals surface area contributed by atoms with Crippen molar-refractivity contribution in [2.24, 2.45) is 0 Å². The van der Waals surface area contributed by atoms with E-state index in [9.17, 15) is 14.4 Å². The van der Waals surface area contributed by atoms with E-state index in [4.69, 9.17) is 21.1 Å². The van der Waals surface area contributed by atoms with Gasteiger partial charge in [0.25, 0.3) is 0 Å². The molecule has 0 aliphatic heterocycles. The standard InChI is InChI=1S/C9H7NO6/c10-6-4(8(13)14)2-1-3(7(11)12)5(6)9(15)16/h1-2H,10H2,(H,11,12)(H,13,14)(H,15,16). The molecule has 0 heterocycles. The molecule has 0 bridgehead atoms. The van der Waals surface area contributed by atoms with Gasteiger partial charge in [0.05, 0.1) is 22.4 Å². The molecule has 7 heteroatoms. The maximum absolute atomic E-state index is 10.8. The summed E-state index contributed by atoms with van der Waals surface area (Å²) >= 11 is 0. The van der Waals surface area contributed by atoms with E-state index in [2.05, 4.69) is 0 Å². The number of nitrogens with two attached hydrogens (primary N) is 1. The fourth-order valence-electron chi connectivity index (χ4n) is 1.21. The topological polar surface area (TPSA) is 138 Å². The number of rotatable bonds is 3. The first-order chi connectivity index (χ1) is 7.36. The van der Waals surface area contributed by atoms with Crippen LogP contribution in [-0.4, -0.2) is 33.2 Å². The molecule has 5 N–H and O–H groups in total. The van der Waals surface area contributed by atoms with Gasteiger partial charge in [-0.1, -0.05) is 0 Å².